The number of hydrogen-bond donors (Lipinski definition) is 3. The van der Waals surface area contributed by atoms with E-state index < -0.39 is 12.1 Å². The Balaban J connectivity index is 3.45. The van der Waals surface area contributed by atoms with Gasteiger partial charge in [-0.25, -0.2) is 0 Å². The van der Waals surface area contributed by atoms with Crippen molar-refractivity contribution >= 4 is 11.9 Å². The van der Waals surface area contributed by atoms with Gasteiger partial charge in [-0.1, -0.05) is 295 Å². The fourth-order valence-electron chi connectivity index (χ4n) is 10.2. The smallest absolute Gasteiger partial charge is 0.305 e. The van der Waals surface area contributed by atoms with E-state index >= 15 is 0 Å². The average Bonchev–Trinajstić information content (AvgIpc) is 3.38. The first-order chi connectivity index (χ1) is 35.5. The van der Waals surface area contributed by atoms with Gasteiger partial charge in [0.05, 0.1) is 25.4 Å². The van der Waals surface area contributed by atoms with Crippen molar-refractivity contribution in [2.24, 2.45) is 0 Å². The molecule has 0 radical (unpaired) electrons. The van der Waals surface area contributed by atoms with Crippen molar-refractivity contribution < 1.29 is 24.5 Å². The Morgan fingerprint density at radius 2 is 0.653 bits per heavy atom. The van der Waals surface area contributed by atoms with Crippen LogP contribution in [0.2, 0.25) is 0 Å². The van der Waals surface area contributed by atoms with Crippen molar-refractivity contribution in [2.45, 2.75) is 373 Å². The van der Waals surface area contributed by atoms with Crippen LogP contribution in [0.4, 0.5) is 0 Å². The molecule has 0 aromatic carbocycles. The molecule has 0 rings (SSSR count). The Labute approximate surface area is 450 Å². The highest BCUT2D eigenvalue weighted by Crippen LogP contribution is 2.18. The van der Waals surface area contributed by atoms with Gasteiger partial charge in [-0.3, -0.25) is 9.59 Å². The molecule has 0 saturated heterocycles. The highest BCUT2D eigenvalue weighted by atomic mass is 16.5. The summed E-state index contributed by atoms with van der Waals surface area (Å²) >= 11 is 0. The molecule has 6 heteroatoms. The van der Waals surface area contributed by atoms with Crippen LogP contribution in [0, 0.1) is 0 Å². The van der Waals surface area contributed by atoms with Gasteiger partial charge in [-0.05, 0) is 77.0 Å². The van der Waals surface area contributed by atoms with E-state index in [0.29, 0.717) is 25.9 Å². The summed E-state index contributed by atoms with van der Waals surface area (Å²) in [6.07, 6.45) is 76.2. The normalized spacial score (nSPS) is 12.7. The highest BCUT2D eigenvalue weighted by Gasteiger charge is 2.20. The topological polar surface area (TPSA) is 95.9 Å². The maximum atomic E-state index is 12.5. The van der Waals surface area contributed by atoms with Crippen LogP contribution in [-0.2, 0) is 14.3 Å². The van der Waals surface area contributed by atoms with Gasteiger partial charge in [0.2, 0.25) is 5.91 Å². The second kappa shape index (κ2) is 61.9. The summed E-state index contributed by atoms with van der Waals surface area (Å²) in [4.78, 5) is 24.6. The average molecular weight is 1010 g/mol. The number of unbranched alkanes of at least 4 members (excludes halogenated alkanes) is 46. The fourth-order valence-corrected chi connectivity index (χ4v) is 10.2. The zero-order valence-corrected chi connectivity index (χ0v) is 48.7. The number of carbonyl (C=O) groups is 2. The molecule has 0 aliphatic heterocycles. The van der Waals surface area contributed by atoms with E-state index in [-0.39, 0.29) is 18.5 Å². The minimum absolute atomic E-state index is 0.00478. The lowest BCUT2D eigenvalue weighted by Crippen LogP contribution is -2.45. The van der Waals surface area contributed by atoms with Crippen molar-refractivity contribution in [3.8, 4) is 0 Å². The molecule has 3 N–H and O–H groups in total. The third-order valence-corrected chi connectivity index (χ3v) is 15.2. The molecule has 0 aliphatic carbocycles. The molecule has 1 amide bonds. The molecule has 0 fully saturated rings. The number of allylic oxidation sites excluding steroid dienone is 4. The molecule has 0 aromatic rings. The van der Waals surface area contributed by atoms with Crippen LogP contribution in [0.3, 0.4) is 0 Å². The molecule has 426 valence electrons. The van der Waals surface area contributed by atoms with E-state index in [9.17, 15) is 19.8 Å². The van der Waals surface area contributed by atoms with Crippen LogP contribution in [0.25, 0.3) is 0 Å². The number of hydrogen-bond acceptors (Lipinski definition) is 5. The monoisotopic (exact) mass is 1010 g/mol. The Hall–Kier alpha value is -1.66. The van der Waals surface area contributed by atoms with Crippen LogP contribution in [0.1, 0.15) is 361 Å². The first-order valence-corrected chi connectivity index (χ1v) is 32.6. The third-order valence-electron chi connectivity index (χ3n) is 15.2. The highest BCUT2D eigenvalue weighted by molar-refractivity contribution is 5.76. The van der Waals surface area contributed by atoms with Crippen LogP contribution >= 0.6 is 0 Å². The Morgan fingerprint density at radius 1 is 0.375 bits per heavy atom. The summed E-state index contributed by atoms with van der Waals surface area (Å²) in [5.74, 6) is -0.0534. The number of aliphatic hydroxyl groups excluding tert-OH is 2. The van der Waals surface area contributed by atoms with Gasteiger partial charge in [-0.2, -0.15) is 0 Å². The molecule has 2 unspecified atom stereocenters. The lowest BCUT2D eigenvalue weighted by Gasteiger charge is -2.22. The van der Waals surface area contributed by atoms with Crippen LogP contribution in [-0.4, -0.2) is 47.4 Å². The van der Waals surface area contributed by atoms with Crippen molar-refractivity contribution in [3.05, 3.63) is 24.3 Å². The number of rotatable bonds is 61. The van der Waals surface area contributed by atoms with E-state index in [0.717, 1.165) is 64.2 Å². The molecule has 0 saturated carbocycles. The summed E-state index contributed by atoms with van der Waals surface area (Å²) in [6, 6.07) is -0.555. The Morgan fingerprint density at radius 3 is 0.986 bits per heavy atom. The molecule has 0 aromatic heterocycles. The predicted octanol–water partition coefficient (Wildman–Crippen LogP) is 20.6. The Bertz CT molecular complexity index is 1120. The quantitative estimate of drug-likeness (QED) is 0.0320. The van der Waals surface area contributed by atoms with Crippen molar-refractivity contribution in [1.82, 2.24) is 5.32 Å². The summed E-state index contributed by atoms with van der Waals surface area (Å²) in [6.45, 7) is 4.96. The van der Waals surface area contributed by atoms with Gasteiger partial charge in [0.1, 0.15) is 0 Å². The van der Waals surface area contributed by atoms with Crippen molar-refractivity contribution in [3.63, 3.8) is 0 Å². The first-order valence-electron chi connectivity index (χ1n) is 32.6. The van der Waals surface area contributed by atoms with Crippen LogP contribution in [0.15, 0.2) is 24.3 Å². The van der Waals surface area contributed by atoms with E-state index in [2.05, 4.69) is 43.5 Å². The van der Waals surface area contributed by atoms with Crippen LogP contribution < -0.4 is 5.32 Å². The van der Waals surface area contributed by atoms with Crippen molar-refractivity contribution in [1.29, 1.82) is 0 Å². The summed E-state index contributed by atoms with van der Waals surface area (Å²) in [7, 11) is 0. The molecule has 0 heterocycles. The fraction of sp³-hybridized carbons (Fsp3) is 0.909. The number of esters is 1. The van der Waals surface area contributed by atoms with Gasteiger partial charge in [0.25, 0.3) is 0 Å². The first kappa shape index (κ1) is 70.3. The molecule has 0 aliphatic rings. The zero-order chi connectivity index (χ0) is 52.2. The zero-order valence-electron chi connectivity index (χ0n) is 48.7. The lowest BCUT2D eigenvalue weighted by molar-refractivity contribution is -0.143. The van der Waals surface area contributed by atoms with E-state index in [1.165, 1.54) is 263 Å². The number of ether oxygens (including phenoxy) is 1. The number of aliphatic hydroxyl groups is 2. The van der Waals surface area contributed by atoms with Crippen molar-refractivity contribution in [2.75, 3.05) is 13.2 Å². The molecule has 6 nitrogen and oxygen atoms in total. The maximum absolute atomic E-state index is 12.5. The maximum Gasteiger partial charge on any atom is 0.305 e. The van der Waals surface area contributed by atoms with E-state index in [1.807, 2.05) is 0 Å². The van der Waals surface area contributed by atoms with Gasteiger partial charge in [0, 0.05) is 12.8 Å². The number of amides is 1. The second-order valence-corrected chi connectivity index (χ2v) is 22.4. The predicted molar refractivity (Wildman–Crippen MR) is 315 cm³/mol. The van der Waals surface area contributed by atoms with Gasteiger partial charge >= 0.3 is 5.97 Å². The molecule has 72 heavy (non-hydrogen) atoms. The minimum atomic E-state index is -0.676. The molecule has 0 spiro atoms. The SMILES string of the molecule is CCCCCCCCC/C=C\CCCCCCCCCC(=O)OCCCCCCCCC/C=C\CCCCCCCC(=O)NC(CO)C(O)CCCCCCCCCCCCCCCCCCCCCCC. The number of nitrogens with one attached hydrogen (secondary N) is 1. The summed E-state index contributed by atoms with van der Waals surface area (Å²) < 4.78 is 5.49. The van der Waals surface area contributed by atoms with E-state index in [1.54, 1.807) is 0 Å². The third kappa shape index (κ3) is 57.6. The van der Waals surface area contributed by atoms with Crippen LogP contribution in [0.5, 0.6) is 0 Å². The molecular weight excluding hydrogens is 887 g/mol. The summed E-state index contributed by atoms with van der Waals surface area (Å²) in [5.41, 5.74) is 0. The molecule has 2 atom stereocenters. The minimum Gasteiger partial charge on any atom is -0.466 e. The standard InChI is InChI=1S/C66H127NO5/c1-3-5-7-9-11-13-15-17-19-21-23-24-25-26-30-34-38-42-46-50-54-58-64(69)63(62-68)67-65(70)59-55-51-47-43-39-35-31-28-29-33-37-41-45-49-53-57-61-72-66(71)60-56-52-48-44-40-36-32-27-22-20-18-16-14-12-10-8-6-4-2/h20,22,28,31,63-64,68-69H,3-19,21,23-27,29-30,32-62H2,1-2H3,(H,67,70)/b22-20-,31-28-. The molecule has 0 bridgehead atoms. The van der Waals surface area contributed by atoms with Gasteiger partial charge < -0.3 is 20.3 Å². The van der Waals surface area contributed by atoms with Gasteiger partial charge in [-0.15, -0.1) is 0 Å². The number of carbonyl (C=O) groups excluding carboxylic acids is 2. The van der Waals surface area contributed by atoms with Gasteiger partial charge in [0.15, 0.2) is 0 Å². The summed E-state index contributed by atoms with van der Waals surface area (Å²) in [5, 5.41) is 23.4. The Kier molecular flexibility index (Phi) is 60.5. The largest absolute Gasteiger partial charge is 0.466 e. The molecular formula is C66H127NO5. The van der Waals surface area contributed by atoms with E-state index in [4.69, 9.17) is 4.74 Å². The second-order valence-electron chi connectivity index (χ2n) is 22.4. The lowest BCUT2D eigenvalue weighted by atomic mass is 10.0.